The van der Waals surface area contributed by atoms with Crippen molar-refractivity contribution in [2.75, 3.05) is 60.0 Å². The SMILES string of the molecule is COCCOCCOCCOCCOC1CC(C)(C)N(Br)C(C)(C)C1. The number of rotatable bonds is 13. The molecule has 0 atom stereocenters. The van der Waals surface area contributed by atoms with E-state index in [1.165, 1.54) is 0 Å². The Morgan fingerprint density at radius 3 is 1.60 bits per heavy atom. The van der Waals surface area contributed by atoms with Crippen LogP contribution in [-0.2, 0) is 23.7 Å². The van der Waals surface area contributed by atoms with Crippen LogP contribution in [-0.4, -0.2) is 81.1 Å². The van der Waals surface area contributed by atoms with Gasteiger partial charge in [0.15, 0.2) is 0 Å². The molecule has 7 heteroatoms. The van der Waals surface area contributed by atoms with Crippen molar-refractivity contribution in [3.05, 3.63) is 0 Å². The second kappa shape index (κ2) is 11.8. The molecular weight excluding hydrogens is 390 g/mol. The Labute approximate surface area is 161 Å². The van der Waals surface area contributed by atoms with E-state index < -0.39 is 0 Å². The van der Waals surface area contributed by atoms with Crippen LogP contribution in [0.2, 0.25) is 0 Å². The van der Waals surface area contributed by atoms with Crippen LogP contribution in [0.5, 0.6) is 0 Å². The molecule has 0 aliphatic carbocycles. The highest BCUT2D eigenvalue weighted by atomic mass is 79.9. The van der Waals surface area contributed by atoms with E-state index in [0.717, 1.165) is 12.8 Å². The first-order chi connectivity index (χ1) is 11.8. The summed E-state index contributed by atoms with van der Waals surface area (Å²) in [5.41, 5.74) is 0.152. The lowest BCUT2D eigenvalue weighted by Gasteiger charge is -2.51. The van der Waals surface area contributed by atoms with Gasteiger partial charge in [-0.2, -0.15) is 0 Å². The molecular formula is C18H36BrNO5. The van der Waals surface area contributed by atoms with E-state index >= 15 is 0 Å². The van der Waals surface area contributed by atoms with Crippen molar-refractivity contribution in [3.8, 4) is 0 Å². The van der Waals surface area contributed by atoms with Crippen LogP contribution in [0.25, 0.3) is 0 Å². The van der Waals surface area contributed by atoms with Crippen molar-refractivity contribution in [1.82, 2.24) is 3.93 Å². The van der Waals surface area contributed by atoms with E-state index in [0.29, 0.717) is 52.9 Å². The summed E-state index contributed by atoms with van der Waals surface area (Å²) >= 11 is 3.72. The van der Waals surface area contributed by atoms with Gasteiger partial charge in [0.25, 0.3) is 0 Å². The zero-order valence-electron chi connectivity index (χ0n) is 16.5. The molecule has 0 bridgehead atoms. The largest absolute Gasteiger partial charge is 0.382 e. The Bertz CT molecular complexity index is 336. The minimum Gasteiger partial charge on any atom is -0.382 e. The second-order valence-corrected chi connectivity index (χ2v) is 8.35. The predicted molar refractivity (Wildman–Crippen MR) is 102 cm³/mol. The normalized spacial score (nSPS) is 20.9. The number of halogens is 1. The van der Waals surface area contributed by atoms with Gasteiger partial charge < -0.3 is 23.7 Å². The monoisotopic (exact) mass is 425 g/mol. The first kappa shape index (κ1) is 23.3. The fourth-order valence-electron chi connectivity index (χ4n) is 3.24. The molecule has 0 unspecified atom stereocenters. The van der Waals surface area contributed by atoms with E-state index in [2.05, 4.69) is 47.8 Å². The average Bonchev–Trinajstić information content (AvgIpc) is 2.53. The van der Waals surface area contributed by atoms with Gasteiger partial charge >= 0.3 is 0 Å². The summed E-state index contributed by atoms with van der Waals surface area (Å²) in [7, 11) is 1.66. The van der Waals surface area contributed by atoms with Crippen molar-refractivity contribution in [2.45, 2.75) is 57.7 Å². The van der Waals surface area contributed by atoms with E-state index in [1.807, 2.05) is 0 Å². The molecule has 150 valence electrons. The van der Waals surface area contributed by atoms with Gasteiger partial charge in [0.05, 0.1) is 59.0 Å². The molecule has 0 aromatic rings. The highest BCUT2D eigenvalue weighted by Gasteiger charge is 2.44. The zero-order chi connectivity index (χ0) is 18.8. The first-order valence-electron chi connectivity index (χ1n) is 9.09. The van der Waals surface area contributed by atoms with Gasteiger partial charge in [-0.3, -0.25) is 0 Å². The number of nitrogens with zero attached hydrogens (tertiary/aromatic N) is 1. The molecule has 0 saturated carbocycles. The fourth-order valence-corrected chi connectivity index (χ4v) is 3.53. The summed E-state index contributed by atoms with van der Waals surface area (Å²) < 4.78 is 29.5. The third kappa shape index (κ3) is 9.13. The summed E-state index contributed by atoms with van der Waals surface area (Å²) in [6.45, 7) is 13.7. The van der Waals surface area contributed by atoms with Crippen LogP contribution < -0.4 is 0 Å². The molecule has 1 heterocycles. The van der Waals surface area contributed by atoms with Gasteiger partial charge in [0.2, 0.25) is 0 Å². The van der Waals surface area contributed by atoms with Crippen LogP contribution in [0.1, 0.15) is 40.5 Å². The molecule has 6 nitrogen and oxygen atoms in total. The number of piperidine rings is 1. The molecule has 1 aliphatic heterocycles. The zero-order valence-corrected chi connectivity index (χ0v) is 18.1. The predicted octanol–water partition coefficient (Wildman–Crippen LogP) is 3.03. The minimum atomic E-state index is 0.0758. The van der Waals surface area contributed by atoms with Crippen LogP contribution in [0, 0.1) is 0 Å². The Hall–Kier alpha value is 0.240. The minimum absolute atomic E-state index is 0.0758. The van der Waals surface area contributed by atoms with Crippen LogP contribution >= 0.6 is 16.1 Å². The van der Waals surface area contributed by atoms with Crippen molar-refractivity contribution in [1.29, 1.82) is 0 Å². The molecule has 0 radical (unpaired) electrons. The first-order valence-corrected chi connectivity index (χ1v) is 9.80. The third-order valence-electron chi connectivity index (χ3n) is 4.27. The maximum absolute atomic E-state index is 6.04. The van der Waals surface area contributed by atoms with Gasteiger partial charge in [-0.05, 0) is 40.5 Å². The van der Waals surface area contributed by atoms with Gasteiger partial charge in [-0.15, -0.1) is 0 Å². The van der Waals surface area contributed by atoms with E-state index in [-0.39, 0.29) is 17.2 Å². The Balaban J connectivity index is 2.00. The van der Waals surface area contributed by atoms with Crippen LogP contribution in [0.3, 0.4) is 0 Å². The molecule has 0 spiro atoms. The summed E-state index contributed by atoms with van der Waals surface area (Å²) in [6.07, 6.45) is 2.28. The van der Waals surface area contributed by atoms with E-state index in [9.17, 15) is 0 Å². The number of hydrogen-bond acceptors (Lipinski definition) is 6. The maximum Gasteiger partial charge on any atom is 0.0704 e. The highest BCUT2D eigenvalue weighted by molar-refractivity contribution is 9.07. The maximum atomic E-state index is 6.04. The van der Waals surface area contributed by atoms with E-state index in [1.54, 1.807) is 7.11 Å². The molecule has 0 amide bonds. The van der Waals surface area contributed by atoms with Gasteiger partial charge in [0.1, 0.15) is 0 Å². The average molecular weight is 426 g/mol. The summed E-state index contributed by atoms with van der Waals surface area (Å²) in [6, 6.07) is 0. The van der Waals surface area contributed by atoms with Gasteiger partial charge in [0, 0.05) is 34.3 Å². The van der Waals surface area contributed by atoms with Gasteiger partial charge in [-0.1, -0.05) is 0 Å². The smallest absolute Gasteiger partial charge is 0.0704 e. The lowest BCUT2D eigenvalue weighted by atomic mass is 9.81. The lowest BCUT2D eigenvalue weighted by Crippen LogP contribution is -2.57. The highest BCUT2D eigenvalue weighted by Crippen LogP contribution is 2.41. The van der Waals surface area contributed by atoms with Gasteiger partial charge in [-0.25, -0.2) is 3.93 Å². The molecule has 1 rings (SSSR count). The van der Waals surface area contributed by atoms with Crippen LogP contribution in [0.15, 0.2) is 0 Å². The molecule has 25 heavy (non-hydrogen) atoms. The number of ether oxygens (including phenoxy) is 5. The Kier molecular flexibility index (Phi) is 11.0. The van der Waals surface area contributed by atoms with Crippen molar-refractivity contribution in [3.63, 3.8) is 0 Å². The fraction of sp³-hybridized carbons (Fsp3) is 1.00. The molecule has 0 aromatic carbocycles. The summed E-state index contributed by atoms with van der Waals surface area (Å²) in [5, 5.41) is 0. The Morgan fingerprint density at radius 2 is 1.16 bits per heavy atom. The summed E-state index contributed by atoms with van der Waals surface area (Å²) in [5.74, 6) is 0. The van der Waals surface area contributed by atoms with Crippen molar-refractivity contribution >= 4 is 16.1 Å². The van der Waals surface area contributed by atoms with Crippen molar-refractivity contribution in [2.24, 2.45) is 0 Å². The van der Waals surface area contributed by atoms with Crippen LogP contribution in [0.4, 0.5) is 0 Å². The number of methoxy groups -OCH3 is 1. The molecule has 0 aromatic heterocycles. The molecule has 1 aliphatic rings. The molecule has 1 fully saturated rings. The topological polar surface area (TPSA) is 49.4 Å². The molecule has 0 N–H and O–H groups in total. The second-order valence-electron chi connectivity index (χ2n) is 7.64. The number of hydrogen-bond donors (Lipinski definition) is 0. The quantitative estimate of drug-likeness (QED) is 0.333. The Morgan fingerprint density at radius 1 is 0.760 bits per heavy atom. The summed E-state index contributed by atoms with van der Waals surface area (Å²) in [4.78, 5) is 0. The van der Waals surface area contributed by atoms with Crippen molar-refractivity contribution < 1.29 is 23.7 Å². The lowest BCUT2D eigenvalue weighted by molar-refractivity contribution is -0.0734. The molecule has 1 saturated heterocycles. The standard InChI is InChI=1S/C18H36BrNO5/c1-17(2)14-16(15-18(3,4)20(17)19)25-13-12-24-11-10-23-9-8-22-7-6-21-5/h16H,6-15H2,1-5H3. The van der Waals surface area contributed by atoms with E-state index in [4.69, 9.17) is 23.7 Å². The third-order valence-corrected chi connectivity index (χ3v) is 6.19.